The van der Waals surface area contributed by atoms with E-state index in [1.807, 2.05) is 12.1 Å². The van der Waals surface area contributed by atoms with Crippen LogP contribution in [0, 0.1) is 0 Å². The first-order valence-electron chi connectivity index (χ1n) is 5.84. The average molecular weight is 236 g/mol. The van der Waals surface area contributed by atoms with Crippen molar-refractivity contribution in [3.8, 4) is 11.5 Å². The summed E-state index contributed by atoms with van der Waals surface area (Å²) in [5, 5.41) is 8.63. The Labute approximate surface area is 100 Å². The van der Waals surface area contributed by atoms with Crippen LogP contribution in [-0.2, 0) is 17.6 Å². The number of benzene rings is 1. The molecule has 0 aliphatic carbocycles. The van der Waals surface area contributed by atoms with Crippen molar-refractivity contribution in [1.82, 2.24) is 0 Å². The van der Waals surface area contributed by atoms with E-state index in [-0.39, 0.29) is 13.2 Å². The number of hydrogen-bond donors (Lipinski definition) is 1. The molecule has 0 fully saturated rings. The van der Waals surface area contributed by atoms with Crippen LogP contribution < -0.4 is 9.47 Å². The first kappa shape index (κ1) is 11.8. The number of rotatable bonds is 5. The van der Waals surface area contributed by atoms with Gasteiger partial charge >= 0.3 is 5.97 Å². The minimum atomic E-state index is -0.746. The predicted molar refractivity (Wildman–Crippen MR) is 62.5 cm³/mol. The van der Waals surface area contributed by atoms with Crippen molar-refractivity contribution in [3.63, 3.8) is 0 Å². The van der Waals surface area contributed by atoms with Crippen LogP contribution in [0.3, 0.4) is 0 Å². The maximum Gasteiger partial charge on any atom is 0.303 e. The van der Waals surface area contributed by atoms with E-state index in [9.17, 15) is 4.79 Å². The molecule has 1 aliphatic heterocycles. The molecule has 17 heavy (non-hydrogen) atoms. The van der Waals surface area contributed by atoms with Crippen LogP contribution in [0.2, 0.25) is 0 Å². The molecule has 0 radical (unpaired) electrons. The Bertz CT molecular complexity index is 426. The highest BCUT2D eigenvalue weighted by molar-refractivity contribution is 5.66. The van der Waals surface area contributed by atoms with Gasteiger partial charge in [0.1, 0.15) is 0 Å². The van der Waals surface area contributed by atoms with Crippen LogP contribution in [0.4, 0.5) is 0 Å². The molecule has 0 aromatic heterocycles. The van der Waals surface area contributed by atoms with E-state index in [1.165, 1.54) is 5.56 Å². The number of carbonyl (C=O) groups is 1. The second-order valence-corrected chi connectivity index (χ2v) is 4.08. The largest absolute Gasteiger partial charge is 0.481 e. The topological polar surface area (TPSA) is 55.8 Å². The molecule has 1 N–H and O–H groups in total. The molecule has 1 heterocycles. The molecule has 0 bridgehead atoms. The van der Waals surface area contributed by atoms with Gasteiger partial charge < -0.3 is 14.6 Å². The molecule has 0 amide bonds. The number of carboxylic acids is 1. The molecule has 1 aromatic rings. The van der Waals surface area contributed by atoms with E-state index in [0.29, 0.717) is 6.42 Å². The Morgan fingerprint density at radius 3 is 2.53 bits per heavy atom. The van der Waals surface area contributed by atoms with Gasteiger partial charge in [-0.15, -0.1) is 0 Å². The molecule has 0 unspecified atom stereocenters. The molecule has 1 aromatic carbocycles. The van der Waals surface area contributed by atoms with Crippen LogP contribution >= 0.6 is 0 Å². The standard InChI is InChI=1S/C13H16O4/c1-2-9-6-11-12(17-8-16-11)7-10(9)4-3-5-13(14)15/h6-7H,2-5,8H2,1H3,(H,14,15). The van der Waals surface area contributed by atoms with Crippen molar-refractivity contribution in [2.75, 3.05) is 6.79 Å². The Morgan fingerprint density at radius 2 is 1.94 bits per heavy atom. The average Bonchev–Trinajstić information content (AvgIpc) is 2.74. The number of aliphatic carboxylic acids is 1. The highest BCUT2D eigenvalue weighted by Gasteiger charge is 2.16. The third kappa shape index (κ3) is 2.70. The van der Waals surface area contributed by atoms with Crippen molar-refractivity contribution in [2.45, 2.75) is 32.6 Å². The molecule has 1 aliphatic rings. The Kier molecular flexibility index (Phi) is 3.52. The number of ether oxygens (including phenoxy) is 2. The summed E-state index contributed by atoms with van der Waals surface area (Å²) in [7, 11) is 0. The summed E-state index contributed by atoms with van der Waals surface area (Å²) >= 11 is 0. The van der Waals surface area contributed by atoms with E-state index in [1.54, 1.807) is 0 Å². The monoisotopic (exact) mass is 236 g/mol. The van der Waals surface area contributed by atoms with E-state index in [0.717, 1.165) is 29.9 Å². The van der Waals surface area contributed by atoms with Crippen LogP contribution in [0.1, 0.15) is 30.9 Å². The summed E-state index contributed by atoms with van der Waals surface area (Å²) in [6.07, 6.45) is 2.55. The zero-order chi connectivity index (χ0) is 12.3. The number of hydrogen-bond acceptors (Lipinski definition) is 3. The van der Waals surface area contributed by atoms with Crippen LogP contribution in [0.25, 0.3) is 0 Å². The number of aryl methyl sites for hydroxylation is 2. The van der Waals surface area contributed by atoms with Gasteiger partial charge in [0.15, 0.2) is 11.5 Å². The van der Waals surface area contributed by atoms with Gasteiger partial charge in [0.2, 0.25) is 6.79 Å². The normalized spacial score (nSPS) is 12.8. The Balaban J connectivity index is 2.12. The van der Waals surface area contributed by atoms with Crippen molar-refractivity contribution < 1.29 is 19.4 Å². The summed E-state index contributed by atoms with van der Waals surface area (Å²) < 4.78 is 10.6. The van der Waals surface area contributed by atoms with Gasteiger partial charge in [-0.05, 0) is 42.5 Å². The fourth-order valence-corrected chi connectivity index (χ4v) is 2.02. The molecule has 92 valence electrons. The quantitative estimate of drug-likeness (QED) is 0.852. The first-order chi connectivity index (χ1) is 8.20. The highest BCUT2D eigenvalue weighted by atomic mass is 16.7. The second kappa shape index (κ2) is 5.08. The molecule has 2 rings (SSSR count). The Hall–Kier alpha value is -1.71. The van der Waals surface area contributed by atoms with E-state index in [4.69, 9.17) is 14.6 Å². The van der Waals surface area contributed by atoms with Gasteiger partial charge in [-0.25, -0.2) is 0 Å². The fourth-order valence-electron chi connectivity index (χ4n) is 2.02. The lowest BCUT2D eigenvalue weighted by Gasteiger charge is -2.08. The van der Waals surface area contributed by atoms with Gasteiger partial charge in [-0.2, -0.15) is 0 Å². The first-order valence-corrected chi connectivity index (χ1v) is 5.84. The zero-order valence-electron chi connectivity index (χ0n) is 9.86. The molecule has 0 saturated carbocycles. The van der Waals surface area contributed by atoms with Gasteiger partial charge in [0.05, 0.1) is 0 Å². The minimum Gasteiger partial charge on any atom is -0.481 e. The maximum atomic E-state index is 10.5. The number of carboxylic acid groups (broad SMARTS) is 1. The van der Waals surface area contributed by atoms with Crippen molar-refractivity contribution in [3.05, 3.63) is 23.3 Å². The summed E-state index contributed by atoms with van der Waals surface area (Å²) in [4.78, 5) is 10.5. The van der Waals surface area contributed by atoms with Gasteiger partial charge in [0.25, 0.3) is 0 Å². The van der Waals surface area contributed by atoms with Gasteiger partial charge in [-0.1, -0.05) is 6.92 Å². The van der Waals surface area contributed by atoms with Gasteiger partial charge in [-0.3, -0.25) is 4.79 Å². The molecule has 4 nitrogen and oxygen atoms in total. The van der Waals surface area contributed by atoms with Crippen LogP contribution in [-0.4, -0.2) is 17.9 Å². The lowest BCUT2D eigenvalue weighted by Crippen LogP contribution is -1.98. The van der Waals surface area contributed by atoms with Gasteiger partial charge in [0, 0.05) is 6.42 Å². The smallest absolute Gasteiger partial charge is 0.303 e. The van der Waals surface area contributed by atoms with Crippen molar-refractivity contribution in [2.24, 2.45) is 0 Å². The van der Waals surface area contributed by atoms with Crippen molar-refractivity contribution in [1.29, 1.82) is 0 Å². The highest BCUT2D eigenvalue weighted by Crippen LogP contribution is 2.35. The van der Waals surface area contributed by atoms with E-state index >= 15 is 0 Å². The molecule has 0 atom stereocenters. The predicted octanol–water partition coefficient (Wildman–Crippen LogP) is 2.38. The zero-order valence-corrected chi connectivity index (χ0v) is 9.86. The SMILES string of the molecule is CCc1cc2c(cc1CCCC(=O)O)OCO2. The van der Waals surface area contributed by atoms with Crippen LogP contribution in [0.5, 0.6) is 11.5 Å². The molecular weight excluding hydrogens is 220 g/mol. The van der Waals surface area contributed by atoms with Crippen molar-refractivity contribution >= 4 is 5.97 Å². The third-order valence-electron chi connectivity index (χ3n) is 2.91. The summed E-state index contributed by atoms with van der Waals surface area (Å²) in [5.74, 6) is 0.820. The van der Waals surface area contributed by atoms with E-state index < -0.39 is 5.97 Å². The second-order valence-electron chi connectivity index (χ2n) is 4.08. The van der Waals surface area contributed by atoms with E-state index in [2.05, 4.69) is 6.92 Å². The fraction of sp³-hybridized carbons (Fsp3) is 0.462. The minimum absolute atomic E-state index is 0.206. The number of fused-ring (bicyclic) bond motifs is 1. The molecule has 4 heteroatoms. The van der Waals surface area contributed by atoms with Crippen LogP contribution in [0.15, 0.2) is 12.1 Å². The molecule has 0 spiro atoms. The summed E-state index contributed by atoms with van der Waals surface area (Å²) in [5.41, 5.74) is 2.37. The third-order valence-corrected chi connectivity index (χ3v) is 2.91. The summed E-state index contributed by atoms with van der Waals surface area (Å²) in [6, 6.07) is 3.97. The maximum absolute atomic E-state index is 10.5. The lowest BCUT2D eigenvalue weighted by molar-refractivity contribution is -0.137. The summed E-state index contributed by atoms with van der Waals surface area (Å²) in [6.45, 7) is 2.36. The lowest BCUT2D eigenvalue weighted by atomic mass is 9.99. The Morgan fingerprint density at radius 1 is 1.29 bits per heavy atom. The molecular formula is C13H16O4. The molecule has 0 saturated heterocycles.